The number of hydrogen-bond donors (Lipinski definition) is 0. The summed E-state index contributed by atoms with van der Waals surface area (Å²) in [6, 6.07) is 13.3. The molecule has 0 radical (unpaired) electrons. The normalized spacial score (nSPS) is 19.5. The third-order valence-electron chi connectivity index (χ3n) is 7.16. The SMILES string of the molecule is CC(C)(C)OC(=O)N1CCN(c2nc(S(C)(=O)=O)nc3c2COC(c2cccc4cccc(Cl)c24)C3)C[C@@H]1CC#N. The van der Waals surface area contributed by atoms with Crippen molar-refractivity contribution in [2.45, 2.75) is 63.1 Å². The van der Waals surface area contributed by atoms with Crippen molar-refractivity contribution in [1.29, 1.82) is 5.26 Å². The highest BCUT2D eigenvalue weighted by atomic mass is 35.5. The molecule has 0 saturated carbocycles. The van der Waals surface area contributed by atoms with Gasteiger partial charge in [0.05, 0.1) is 36.9 Å². The number of hydrogen-bond acceptors (Lipinski definition) is 9. The average Bonchev–Trinajstić information content (AvgIpc) is 2.90. The van der Waals surface area contributed by atoms with Crippen molar-refractivity contribution in [2.75, 3.05) is 30.8 Å². The monoisotopic (exact) mass is 597 g/mol. The Morgan fingerprint density at radius 2 is 1.93 bits per heavy atom. The van der Waals surface area contributed by atoms with E-state index in [1.807, 2.05) is 41.3 Å². The van der Waals surface area contributed by atoms with E-state index in [2.05, 4.69) is 16.0 Å². The molecule has 2 aliphatic rings. The summed E-state index contributed by atoms with van der Waals surface area (Å²) in [4.78, 5) is 25.3. The van der Waals surface area contributed by atoms with Gasteiger partial charge in [0.2, 0.25) is 15.0 Å². The minimum absolute atomic E-state index is 0.0857. The molecule has 3 aromatic rings. The van der Waals surface area contributed by atoms with Crippen molar-refractivity contribution in [3.05, 3.63) is 58.2 Å². The summed E-state index contributed by atoms with van der Waals surface area (Å²) in [5.74, 6) is 0.441. The Morgan fingerprint density at radius 1 is 1.20 bits per heavy atom. The number of carbonyl (C=O) groups is 1. The number of anilines is 1. The zero-order chi connectivity index (χ0) is 29.5. The van der Waals surface area contributed by atoms with E-state index in [-0.39, 0.29) is 31.3 Å². The summed E-state index contributed by atoms with van der Waals surface area (Å²) in [5, 5.41) is 11.7. The molecule has 1 amide bonds. The maximum Gasteiger partial charge on any atom is 0.410 e. The first-order valence-electron chi connectivity index (χ1n) is 13.4. The standard InChI is InChI=1S/C29H32ClN5O5S/c1-29(2,3)40-28(36)35-14-13-34(16-19(35)11-12-31)26-21-17-39-24(15-23(21)32-27(33-26)41(4,37)38)20-9-5-7-18-8-6-10-22(30)25(18)20/h5-10,19,24H,11,13-17H2,1-4H3/t19-,24?/m0/s1. The number of amides is 1. The van der Waals surface area contributed by atoms with Gasteiger partial charge in [0, 0.05) is 48.3 Å². The molecule has 2 aliphatic heterocycles. The maximum atomic E-state index is 12.9. The van der Waals surface area contributed by atoms with Crippen LogP contribution in [0.3, 0.4) is 0 Å². The minimum Gasteiger partial charge on any atom is -0.444 e. The Kier molecular flexibility index (Phi) is 7.85. The zero-order valence-electron chi connectivity index (χ0n) is 23.4. The first-order valence-corrected chi connectivity index (χ1v) is 15.6. The third-order valence-corrected chi connectivity index (χ3v) is 8.32. The van der Waals surface area contributed by atoms with Gasteiger partial charge >= 0.3 is 6.09 Å². The Bertz CT molecular complexity index is 1640. The number of carbonyl (C=O) groups excluding carboxylic acids is 1. The predicted molar refractivity (Wildman–Crippen MR) is 155 cm³/mol. The number of ether oxygens (including phenoxy) is 2. The molecule has 5 rings (SSSR count). The lowest BCUT2D eigenvalue weighted by molar-refractivity contribution is 0.0140. The number of fused-ring (bicyclic) bond motifs is 2. The fraction of sp³-hybridized carbons (Fsp3) is 0.448. The Morgan fingerprint density at radius 3 is 2.61 bits per heavy atom. The lowest BCUT2D eigenvalue weighted by Crippen LogP contribution is -2.56. The molecule has 3 heterocycles. The van der Waals surface area contributed by atoms with Gasteiger partial charge in [-0.3, -0.25) is 0 Å². The van der Waals surface area contributed by atoms with Crippen LogP contribution < -0.4 is 4.90 Å². The molecule has 0 aliphatic carbocycles. The average molecular weight is 598 g/mol. The van der Waals surface area contributed by atoms with E-state index >= 15 is 0 Å². The second kappa shape index (κ2) is 11.1. The highest BCUT2D eigenvalue weighted by Gasteiger charge is 2.37. The molecular weight excluding hydrogens is 566 g/mol. The summed E-state index contributed by atoms with van der Waals surface area (Å²) < 4.78 is 37.2. The lowest BCUT2D eigenvalue weighted by Gasteiger charge is -2.42. The number of rotatable bonds is 4. The highest BCUT2D eigenvalue weighted by Crippen LogP contribution is 2.39. The number of aromatic nitrogens is 2. The van der Waals surface area contributed by atoms with Crippen molar-refractivity contribution in [2.24, 2.45) is 0 Å². The largest absolute Gasteiger partial charge is 0.444 e. The van der Waals surface area contributed by atoms with E-state index in [1.165, 1.54) is 0 Å². The molecule has 2 aromatic carbocycles. The number of nitriles is 1. The summed E-state index contributed by atoms with van der Waals surface area (Å²) in [5.41, 5.74) is 1.51. The quantitative estimate of drug-likeness (QED) is 0.388. The molecule has 41 heavy (non-hydrogen) atoms. The van der Waals surface area contributed by atoms with Gasteiger partial charge in [0.1, 0.15) is 11.4 Å². The summed E-state index contributed by atoms with van der Waals surface area (Å²) >= 11 is 6.58. The van der Waals surface area contributed by atoms with Crippen LogP contribution in [0.25, 0.3) is 10.8 Å². The van der Waals surface area contributed by atoms with Crippen LogP contribution in [0.1, 0.15) is 50.1 Å². The third kappa shape index (κ3) is 6.10. The Labute approximate surface area is 244 Å². The molecule has 0 bridgehead atoms. The second-order valence-electron chi connectivity index (χ2n) is 11.4. The highest BCUT2D eigenvalue weighted by molar-refractivity contribution is 7.90. The number of nitrogens with zero attached hydrogens (tertiary/aromatic N) is 5. The van der Waals surface area contributed by atoms with Crippen LogP contribution in [0.5, 0.6) is 0 Å². The van der Waals surface area contributed by atoms with Gasteiger partial charge in [-0.15, -0.1) is 0 Å². The van der Waals surface area contributed by atoms with Crippen LogP contribution in [0, 0.1) is 11.3 Å². The van der Waals surface area contributed by atoms with Gasteiger partial charge in [0.15, 0.2) is 0 Å². The molecule has 1 unspecified atom stereocenters. The van der Waals surface area contributed by atoms with Gasteiger partial charge in [-0.05, 0) is 37.8 Å². The molecule has 2 atom stereocenters. The topological polar surface area (TPSA) is 126 Å². The molecule has 1 aromatic heterocycles. The summed E-state index contributed by atoms with van der Waals surface area (Å²) in [7, 11) is -3.74. The van der Waals surface area contributed by atoms with Gasteiger partial charge in [-0.2, -0.15) is 5.26 Å². The first kappa shape index (κ1) is 29.0. The van der Waals surface area contributed by atoms with Crippen LogP contribution in [-0.2, 0) is 32.3 Å². The Hall–Kier alpha value is -3.46. The van der Waals surface area contributed by atoms with Crippen LogP contribution in [0.4, 0.5) is 10.6 Å². The zero-order valence-corrected chi connectivity index (χ0v) is 25.0. The molecule has 10 nitrogen and oxygen atoms in total. The molecular formula is C29H32ClN5O5S. The first-order chi connectivity index (χ1) is 19.4. The predicted octanol–water partition coefficient (Wildman–Crippen LogP) is 4.84. The van der Waals surface area contributed by atoms with Crippen molar-refractivity contribution in [3.63, 3.8) is 0 Å². The van der Waals surface area contributed by atoms with Crippen LogP contribution in [0.15, 0.2) is 41.6 Å². The maximum absolute atomic E-state index is 12.9. The van der Waals surface area contributed by atoms with Crippen LogP contribution >= 0.6 is 11.6 Å². The number of benzene rings is 2. The van der Waals surface area contributed by atoms with Crippen LogP contribution in [0.2, 0.25) is 5.02 Å². The van der Waals surface area contributed by atoms with Crippen molar-refractivity contribution >= 4 is 44.1 Å². The second-order valence-corrected chi connectivity index (χ2v) is 13.7. The van der Waals surface area contributed by atoms with E-state index in [1.54, 1.807) is 25.7 Å². The number of piperazine rings is 1. The summed E-state index contributed by atoms with van der Waals surface area (Å²) in [6.07, 6.45) is 0.619. The van der Waals surface area contributed by atoms with E-state index < -0.39 is 33.7 Å². The van der Waals surface area contributed by atoms with Crippen molar-refractivity contribution in [3.8, 4) is 6.07 Å². The van der Waals surface area contributed by atoms with E-state index in [0.717, 1.165) is 22.6 Å². The van der Waals surface area contributed by atoms with Gasteiger partial charge in [0.25, 0.3) is 0 Å². The molecule has 1 saturated heterocycles. The molecule has 0 N–H and O–H groups in total. The number of sulfone groups is 1. The fourth-order valence-electron chi connectivity index (χ4n) is 5.34. The van der Waals surface area contributed by atoms with Gasteiger partial charge in [-0.1, -0.05) is 41.9 Å². The van der Waals surface area contributed by atoms with E-state index in [4.69, 9.17) is 21.1 Å². The minimum atomic E-state index is -3.74. The number of halogens is 1. The smallest absolute Gasteiger partial charge is 0.410 e. The van der Waals surface area contributed by atoms with Crippen molar-refractivity contribution < 1.29 is 22.7 Å². The molecule has 0 spiro atoms. The summed E-state index contributed by atoms with van der Waals surface area (Å²) in [6.45, 7) is 6.47. The van der Waals surface area contributed by atoms with E-state index in [0.29, 0.717) is 35.1 Å². The van der Waals surface area contributed by atoms with Gasteiger partial charge < -0.3 is 19.3 Å². The lowest BCUT2D eigenvalue weighted by atomic mass is 9.94. The fourth-order valence-corrected chi connectivity index (χ4v) is 6.16. The molecule has 216 valence electrons. The van der Waals surface area contributed by atoms with Crippen LogP contribution in [-0.4, -0.2) is 66.9 Å². The molecule has 12 heteroatoms. The molecule has 1 fully saturated rings. The Balaban J connectivity index is 1.50. The van der Waals surface area contributed by atoms with E-state index in [9.17, 15) is 18.5 Å². The van der Waals surface area contributed by atoms with Gasteiger partial charge in [-0.25, -0.2) is 23.2 Å². The van der Waals surface area contributed by atoms with Crippen molar-refractivity contribution in [1.82, 2.24) is 14.9 Å².